The minimum absolute atomic E-state index is 0.627. The van der Waals surface area contributed by atoms with E-state index in [1.807, 2.05) is 12.1 Å². The zero-order valence-corrected chi connectivity index (χ0v) is 12.3. The highest BCUT2D eigenvalue weighted by Gasteiger charge is 2.18. The van der Waals surface area contributed by atoms with Crippen molar-refractivity contribution in [2.45, 2.75) is 19.3 Å². The first kappa shape index (κ1) is 12.6. The standard InChI is InChI=1S/C16H15N3OS/c1-5-13(12-6-2-8-17-14(12)7-1)16-18-15(19-20-16)10-11-4-3-9-21-11/h1,3-5,7,9,17H,2,6,8,10H2. The summed E-state index contributed by atoms with van der Waals surface area (Å²) >= 11 is 1.71. The molecule has 0 saturated heterocycles. The maximum atomic E-state index is 5.48. The molecule has 4 rings (SSSR count). The smallest absolute Gasteiger partial charge is 0.258 e. The second-order valence-electron chi connectivity index (χ2n) is 5.13. The van der Waals surface area contributed by atoms with Crippen molar-refractivity contribution in [1.29, 1.82) is 0 Å². The second-order valence-corrected chi connectivity index (χ2v) is 6.17. The van der Waals surface area contributed by atoms with Gasteiger partial charge in [-0.05, 0) is 42.0 Å². The van der Waals surface area contributed by atoms with E-state index >= 15 is 0 Å². The van der Waals surface area contributed by atoms with Crippen LogP contribution in [0.5, 0.6) is 0 Å². The van der Waals surface area contributed by atoms with Crippen LogP contribution in [0.25, 0.3) is 11.5 Å². The van der Waals surface area contributed by atoms with E-state index in [4.69, 9.17) is 4.52 Å². The summed E-state index contributed by atoms with van der Waals surface area (Å²) in [5, 5.41) is 9.61. The van der Waals surface area contributed by atoms with Gasteiger partial charge in [-0.25, -0.2) is 0 Å². The average Bonchev–Trinajstić information content (AvgIpc) is 3.19. The molecule has 1 aliphatic rings. The Bertz CT molecular complexity index is 749. The van der Waals surface area contributed by atoms with Gasteiger partial charge in [-0.3, -0.25) is 0 Å². The molecule has 0 bridgehead atoms. The predicted molar refractivity (Wildman–Crippen MR) is 83.7 cm³/mol. The zero-order valence-electron chi connectivity index (χ0n) is 11.5. The molecule has 21 heavy (non-hydrogen) atoms. The van der Waals surface area contributed by atoms with Gasteiger partial charge in [0.1, 0.15) is 0 Å². The summed E-state index contributed by atoms with van der Waals surface area (Å²) in [5.41, 5.74) is 3.54. The number of hydrogen-bond donors (Lipinski definition) is 1. The van der Waals surface area contributed by atoms with Crippen LogP contribution in [0.15, 0.2) is 40.2 Å². The summed E-state index contributed by atoms with van der Waals surface area (Å²) in [4.78, 5) is 5.81. The molecular formula is C16H15N3OS. The molecule has 3 heterocycles. The molecule has 0 fully saturated rings. The van der Waals surface area contributed by atoms with E-state index in [0.717, 1.165) is 37.2 Å². The number of hydrogen-bond acceptors (Lipinski definition) is 5. The average molecular weight is 297 g/mol. The molecule has 0 spiro atoms. The van der Waals surface area contributed by atoms with Gasteiger partial charge in [-0.2, -0.15) is 4.98 Å². The lowest BCUT2D eigenvalue weighted by molar-refractivity contribution is 0.423. The maximum Gasteiger partial charge on any atom is 0.258 e. The van der Waals surface area contributed by atoms with Crippen LogP contribution < -0.4 is 5.32 Å². The van der Waals surface area contributed by atoms with Crippen molar-refractivity contribution in [2.24, 2.45) is 0 Å². The van der Waals surface area contributed by atoms with Crippen LogP contribution in [0.1, 0.15) is 22.7 Å². The Kier molecular flexibility index (Phi) is 3.20. The third-order valence-electron chi connectivity index (χ3n) is 3.71. The van der Waals surface area contributed by atoms with Crippen LogP contribution in [0.3, 0.4) is 0 Å². The maximum absolute atomic E-state index is 5.48. The monoisotopic (exact) mass is 297 g/mol. The molecule has 5 heteroatoms. The van der Waals surface area contributed by atoms with E-state index in [9.17, 15) is 0 Å². The van der Waals surface area contributed by atoms with Crippen molar-refractivity contribution in [3.8, 4) is 11.5 Å². The van der Waals surface area contributed by atoms with Gasteiger partial charge in [0.25, 0.3) is 5.89 Å². The lowest BCUT2D eigenvalue weighted by Gasteiger charge is -2.19. The molecule has 0 radical (unpaired) electrons. The fourth-order valence-electron chi connectivity index (χ4n) is 2.71. The van der Waals surface area contributed by atoms with Gasteiger partial charge in [-0.15, -0.1) is 11.3 Å². The Labute approximate surface area is 126 Å². The number of anilines is 1. The van der Waals surface area contributed by atoms with Crippen LogP contribution in [0.4, 0.5) is 5.69 Å². The van der Waals surface area contributed by atoms with Gasteiger partial charge in [0.05, 0.1) is 0 Å². The molecule has 3 aromatic rings. The number of fused-ring (bicyclic) bond motifs is 1. The van der Waals surface area contributed by atoms with Crippen LogP contribution in [0, 0.1) is 0 Å². The molecule has 1 aliphatic heterocycles. The second kappa shape index (κ2) is 5.33. The quantitative estimate of drug-likeness (QED) is 0.800. The topological polar surface area (TPSA) is 51.0 Å². The summed E-state index contributed by atoms with van der Waals surface area (Å²) in [5.74, 6) is 1.37. The first-order valence-corrected chi connectivity index (χ1v) is 7.99. The van der Waals surface area contributed by atoms with E-state index in [-0.39, 0.29) is 0 Å². The summed E-state index contributed by atoms with van der Waals surface area (Å²) in [6.07, 6.45) is 2.93. The van der Waals surface area contributed by atoms with E-state index in [2.05, 4.69) is 39.0 Å². The molecule has 0 unspecified atom stereocenters. The van der Waals surface area contributed by atoms with Gasteiger partial charge in [-0.1, -0.05) is 17.3 Å². The first-order valence-electron chi connectivity index (χ1n) is 7.11. The highest BCUT2D eigenvalue weighted by molar-refractivity contribution is 7.09. The number of rotatable bonds is 3. The van der Waals surface area contributed by atoms with E-state index in [1.165, 1.54) is 16.1 Å². The Morgan fingerprint density at radius 2 is 2.24 bits per heavy atom. The van der Waals surface area contributed by atoms with Gasteiger partial charge in [0.15, 0.2) is 5.82 Å². The molecule has 0 saturated carbocycles. The fourth-order valence-corrected chi connectivity index (χ4v) is 3.42. The molecule has 1 N–H and O–H groups in total. The van der Waals surface area contributed by atoms with Crippen molar-refractivity contribution in [3.63, 3.8) is 0 Å². The Balaban J connectivity index is 1.67. The summed E-state index contributed by atoms with van der Waals surface area (Å²) < 4.78 is 5.48. The van der Waals surface area contributed by atoms with Gasteiger partial charge in [0, 0.05) is 29.1 Å². The van der Waals surface area contributed by atoms with Crippen molar-refractivity contribution >= 4 is 17.0 Å². The summed E-state index contributed by atoms with van der Waals surface area (Å²) in [7, 11) is 0. The Hall–Kier alpha value is -2.14. The molecule has 2 aromatic heterocycles. The van der Waals surface area contributed by atoms with Gasteiger partial charge < -0.3 is 9.84 Å². The van der Waals surface area contributed by atoms with Crippen LogP contribution in [-0.4, -0.2) is 16.7 Å². The van der Waals surface area contributed by atoms with E-state index in [0.29, 0.717) is 5.89 Å². The lowest BCUT2D eigenvalue weighted by Crippen LogP contribution is -2.12. The lowest BCUT2D eigenvalue weighted by atomic mass is 9.97. The number of aromatic nitrogens is 2. The summed E-state index contributed by atoms with van der Waals surface area (Å²) in [6, 6.07) is 10.3. The van der Waals surface area contributed by atoms with Gasteiger partial charge in [0.2, 0.25) is 0 Å². The third kappa shape index (κ3) is 2.45. The van der Waals surface area contributed by atoms with Crippen LogP contribution >= 0.6 is 11.3 Å². The van der Waals surface area contributed by atoms with Crippen molar-refractivity contribution in [3.05, 3.63) is 52.0 Å². The molecule has 0 aliphatic carbocycles. The first-order chi connectivity index (χ1) is 10.4. The van der Waals surface area contributed by atoms with Crippen molar-refractivity contribution < 1.29 is 4.52 Å². The van der Waals surface area contributed by atoms with Crippen LogP contribution in [-0.2, 0) is 12.8 Å². The molecule has 106 valence electrons. The zero-order chi connectivity index (χ0) is 14.1. The fraction of sp³-hybridized carbons (Fsp3) is 0.250. The molecule has 1 aromatic carbocycles. The van der Waals surface area contributed by atoms with E-state index < -0.39 is 0 Å². The number of benzene rings is 1. The van der Waals surface area contributed by atoms with Crippen molar-refractivity contribution in [1.82, 2.24) is 10.1 Å². The van der Waals surface area contributed by atoms with Crippen molar-refractivity contribution in [2.75, 3.05) is 11.9 Å². The highest BCUT2D eigenvalue weighted by Crippen LogP contribution is 2.31. The number of nitrogens with zero attached hydrogens (tertiary/aromatic N) is 2. The van der Waals surface area contributed by atoms with Gasteiger partial charge >= 0.3 is 0 Å². The number of nitrogens with one attached hydrogen (secondary N) is 1. The predicted octanol–water partition coefficient (Wildman–Crippen LogP) is 3.75. The highest BCUT2D eigenvalue weighted by atomic mass is 32.1. The minimum atomic E-state index is 0.627. The molecule has 0 atom stereocenters. The SMILES string of the molecule is c1csc(Cc2noc(-c3cccc4c3CCCN4)n2)c1. The van der Waals surface area contributed by atoms with E-state index in [1.54, 1.807) is 11.3 Å². The number of thiophene rings is 1. The normalized spacial score (nSPS) is 13.7. The largest absolute Gasteiger partial charge is 0.385 e. The molecule has 0 amide bonds. The third-order valence-corrected chi connectivity index (χ3v) is 4.58. The molecular weight excluding hydrogens is 282 g/mol. The minimum Gasteiger partial charge on any atom is -0.385 e. The molecule has 4 nitrogen and oxygen atoms in total. The summed E-state index contributed by atoms with van der Waals surface area (Å²) in [6.45, 7) is 1.03. The Morgan fingerprint density at radius 3 is 3.14 bits per heavy atom. The Morgan fingerprint density at radius 1 is 1.24 bits per heavy atom. The van der Waals surface area contributed by atoms with Crippen LogP contribution in [0.2, 0.25) is 0 Å².